The number of nitrogens with zero attached hydrogens (tertiary/aromatic N) is 1. The maximum Gasteiger partial charge on any atom is 0.272 e. The topological polar surface area (TPSA) is 55.2 Å². The van der Waals surface area contributed by atoms with Crippen molar-refractivity contribution in [3.63, 3.8) is 0 Å². The van der Waals surface area contributed by atoms with Crippen molar-refractivity contribution in [3.05, 3.63) is 33.9 Å². The average Bonchev–Trinajstić information content (AvgIpc) is 2.94. The van der Waals surface area contributed by atoms with E-state index in [2.05, 4.69) is 12.2 Å². The highest BCUT2D eigenvalue weighted by atomic mass is 16.6. The van der Waals surface area contributed by atoms with Gasteiger partial charge >= 0.3 is 0 Å². The van der Waals surface area contributed by atoms with Crippen LogP contribution in [0.15, 0.2) is 18.2 Å². The third-order valence-electron chi connectivity index (χ3n) is 3.22. The van der Waals surface area contributed by atoms with Crippen molar-refractivity contribution in [3.8, 4) is 0 Å². The normalized spacial score (nSPS) is 16.9. The summed E-state index contributed by atoms with van der Waals surface area (Å²) in [6, 6.07) is 5.17. The van der Waals surface area contributed by atoms with Crippen molar-refractivity contribution >= 4 is 11.4 Å². The maximum absolute atomic E-state index is 10.6. The van der Waals surface area contributed by atoms with E-state index in [1.54, 1.807) is 19.1 Å². The number of anilines is 1. The lowest BCUT2D eigenvalue weighted by Gasteiger charge is -2.11. The second kappa shape index (κ2) is 3.77. The molecule has 1 N–H and O–H groups in total. The smallest absolute Gasteiger partial charge is 0.272 e. The summed E-state index contributed by atoms with van der Waals surface area (Å²) in [7, 11) is 0. The highest BCUT2D eigenvalue weighted by Gasteiger charge is 2.36. The van der Waals surface area contributed by atoms with Gasteiger partial charge in [0.25, 0.3) is 5.69 Å². The number of benzene rings is 1. The maximum atomic E-state index is 10.6. The lowest BCUT2D eigenvalue weighted by atomic mass is 10.1. The first-order chi connectivity index (χ1) is 7.50. The summed E-state index contributed by atoms with van der Waals surface area (Å²) in [5.74, 6) is 0. The molecule has 1 aliphatic carbocycles. The van der Waals surface area contributed by atoms with Crippen molar-refractivity contribution in [2.75, 3.05) is 11.9 Å². The van der Waals surface area contributed by atoms with Crippen molar-refractivity contribution in [2.45, 2.75) is 26.7 Å². The molecule has 0 heterocycles. The van der Waals surface area contributed by atoms with Gasteiger partial charge in [-0.3, -0.25) is 10.1 Å². The van der Waals surface area contributed by atoms with Gasteiger partial charge < -0.3 is 5.32 Å². The summed E-state index contributed by atoms with van der Waals surface area (Å²) in [4.78, 5) is 10.3. The number of nitrogens with one attached hydrogen (secondary N) is 1. The van der Waals surface area contributed by atoms with Gasteiger partial charge in [-0.15, -0.1) is 0 Å². The molecule has 16 heavy (non-hydrogen) atoms. The van der Waals surface area contributed by atoms with Gasteiger partial charge in [0.1, 0.15) is 0 Å². The zero-order valence-electron chi connectivity index (χ0n) is 9.62. The van der Waals surface area contributed by atoms with E-state index in [0.717, 1.165) is 12.2 Å². The number of hydrogen-bond acceptors (Lipinski definition) is 3. The van der Waals surface area contributed by atoms with Gasteiger partial charge in [0.05, 0.1) is 4.92 Å². The first-order valence-corrected chi connectivity index (χ1v) is 5.49. The predicted octanol–water partition coefficient (Wildman–Crippen LogP) is 3.12. The van der Waals surface area contributed by atoms with Crippen LogP contribution in [0.1, 0.15) is 25.3 Å². The summed E-state index contributed by atoms with van der Waals surface area (Å²) >= 11 is 0. The van der Waals surface area contributed by atoms with Crippen LogP contribution < -0.4 is 5.32 Å². The third-order valence-corrected chi connectivity index (χ3v) is 3.22. The quantitative estimate of drug-likeness (QED) is 0.626. The summed E-state index contributed by atoms with van der Waals surface area (Å²) in [5.41, 5.74) is 2.30. The highest BCUT2D eigenvalue weighted by Crippen LogP contribution is 2.44. The van der Waals surface area contributed by atoms with Crippen molar-refractivity contribution in [1.29, 1.82) is 0 Å². The Morgan fingerprint density at radius 1 is 1.50 bits per heavy atom. The van der Waals surface area contributed by atoms with E-state index < -0.39 is 0 Å². The van der Waals surface area contributed by atoms with Crippen LogP contribution in [0.4, 0.5) is 11.4 Å². The van der Waals surface area contributed by atoms with Gasteiger partial charge in [-0.1, -0.05) is 6.92 Å². The van der Waals surface area contributed by atoms with Gasteiger partial charge in [-0.05, 0) is 37.3 Å². The lowest BCUT2D eigenvalue weighted by molar-refractivity contribution is -0.385. The van der Waals surface area contributed by atoms with E-state index in [1.807, 2.05) is 6.07 Å². The zero-order chi connectivity index (χ0) is 11.8. The van der Waals surface area contributed by atoms with Gasteiger partial charge in [0.15, 0.2) is 0 Å². The Hall–Kier alpha value is -1.58. The standard InChI is InChI=1S/C12H16N2O2/c1-9-7-10(3-4-11(9)14(15)16)13-8-12(2)5-6-12/h3-4,7,13H,5-6,8H2,1-2H3. The molecule has 0 radical (unpaired) electrons. The molecule has 2 rings (SSSR count). The second-order valence-electron chi connectivity index (χ2n) is 4.92. The van der Waals surface area contributed by atoms with E-state index in [1.165, 1.54) is 12.8 Å². The largest absolute Gasteiger partial charge is 0.384 e. The Kier molecular flexibility index (Phi) is 2.58. The van der Waals surface area contributed by atoms with Gasteiger partial charge in [-0.2, -0.15) is 0 Å². The number of nitro benzene ring substituents is 1. The minimum Gasteiger partial charge on any atom is -0.384 e. The second-order valence-corrected chi connectivity index (χ2v) is 4.92. The van der Waals surface area contributed by atoms with E-state index in [-0.39, 0.29) is 10.6 Å². The van der Waals surface area contributed by atoms with Gasteiger partial charge in [0.2, 0.25) is 0 Å². The van der Waals surface area contributed by atoms with Gasteiger partial charge in [0, 0.05) is 23.9 Å². The Labute approximate surface area is 94.8 Å². The number of aryl methyl sites for hydroxylation is 1. The molecule has 0 saturated heterocycles. The van der Waals surface area contributed by atoms with Crippen LogP contribution in [0.25, 0.3) is 0 Å². The molecule has 4 heteroatoms. The zero-order valence-corrected chi connectivity index (χ0v) is 9.62. The van der Waals surface area contributed by atoms with Crippen LogP contribution in [-0.4, -0.2) is 11.5 Å². The SMILES string of the molecule is Cc1cc(NCC2(C)CC2)ccc1[N+](=O)[O-]. The van der Waals surface area contributed by atoms with Crippen molar-refractivity contribution < 1.29 is 4.92 Å². The van der Waals surface area contributed by atoms with Crippen LogP contribution in [-0.2, 0) is 0 Å². The third kappa shape index (κ3) is 2.32. The summed E-state index contributed by atoms with van der Waals surface area (Å²) in [6.07, 6.45) is 2.54. The molecule has 4 nitrogen and oxygen atoms in total. The minimum absolute atomic E-state index is 0.184. The van der Waals surface area contributed by atoms with Crippen LogP contribution in [0, 0.1) is 22.5 Å². The van der Waals surface area contributed by atoms with Crippen LogP contribution in [0.2, 0.25) is 0 Å². The van der Waals surface area contributed by atoms with Crippen LogP contribution in [0.5, 0.6) is 0 Å². The monoisotopic (exact) mass is 220 g/mol. The molecule has 0 unspecified atom stereocenters. The fraction of sp³-hybridized carbons (Fsp3) is 0.500. The molecule has 0 spiro atoms. The predicted molar refractivity (Wildman–Crippen MR) is 63.7 cm³/mol. The molecule has 0 aliphatic heterocycles. The van der Waals surface area contributed by atoms with Crippen molar-refractivity contribution in [1.82, 2.24) is 0 Å². The summed E-state index contributed by atoms with van der Waals surface area (Å²) in [6.45, 7) is 4.96. The number of nitro groups is 1. The van der Waals surface area contributed by atoms with E-state index in [4.69, 9.17) is 0 Å². The molecular weight excluding hydrogens is 204 g/mol. The van der Waals surface area contributed by atoms with E-state index in [9.17, 15) is 10.1 Å². The summed E-state index contributed by atoms with van der Waals surface area (Å²) < 4.78 is 0. The van der Waals surface area contributed by atoms with Crippen LogP contribution >= 0.6 is 0 Å². The van der Waals surface area contributed by atoms with Gasteiger partial charge in [-0.25, -0.2) is 0 Å². The van der Waals surface area contributed by atoms with Crippen LogP contribution in [0.3, 0.4) is 0 Å². The molecule has 0 bridgehead atoms. The first kappa shape index (κ1) is 10.9. The van der Waals surface area contributed by atoms with E-state index >= 15 is 0 Å². The number of hydrogen-bond donors (Lipinski definition) is 1. The molecule has 0 amide bonds. The summed E-state index contributed by atoms with van der Waals surface area (Å²) in [5, 5.41) is 14.0. The Bertz CT molecular complexity index is 425. The molecule has 1 saturated carbocycles. The molecule has 1 aromatic carbocycles. The van der Waals surface area contributed by atoms with E-state index in [0.29, 0.717) is 11.0 Å². The molecular formula is C12H16N2O2. The Morgan fingerprint density at radius 3 is 2.69 bits per heavy atom. The Morgan fingerprint density at radius 2 is 2.19 bits per heavy atom. The highest BCUT2D eigenvalue weighted by molar-refractivity contribution is 5.53. The fourth-order valence-corrected chi connectivity index (χ4v) is 1.68. The Balaban J connectivity index is 2.05. The molecule has 0 atom stereocenters. The molecule has 86 valence electrons. The van der Waals surface area contributed by atoms with Crippen molar-refractivity contribution in [2.24, 2.45) is 5.41 Å². The number of rotatable bonds is 4. The fourth-order valence-electron chi connectivity index (χ4n) is 1.68. The lowest BCUT2D eigenvalue weighted by Crippen LogP contribution is -2.11. The molecule has 1 aliphatic rings. The molecule has 1 aromatic rings. The molecule has 1 fully saturated rings. The molecule has 0 aromatic heterocycles. The average molecular weight is 220 g/mol. The first-order valence-electron chi connectivity index (χ1n) is 5.49. The minimum atomic E-state index is -0.346.